The first-order chi connectivity index (χ1) is 23.5. The van der Waals surface area contributed by atoms with E-state index in [9.17, 15) is 52.3 Å². The summed E-state index contributed by atoms with van der Waals surface area (Å²) in [4.78, 5) is 84.6. The molecule has 270 valence electrons. The molecule has 0 aliphatic heterocycles. The summed E-state index contributed by atoms with van der Waals surface area (Å²) < 4.78 is 40.9. The second kappa shape index (κ2) is 12.0. The van der Waals surface area contributed by atoms with Gasteiger partial charge in [-0.25, -0.2) is 4.79 Å². The van der Waals surface area contributed by atoms with Gasteiger partial charge in [0.2, 0.25) is 5.91 Å². The van der Waals surface area contributed by atoms with E-state index in [1.165, 1.54) is 44.1 Å². The van der Waals surface area contributed by atoms with Crippen LogP contribution in [0.3, 0.4) is 0 Å². The van der Waals surface area contributed by atoms with Crippen molar-refractivity contribution in [1.82, 2.24) is 4.90 Å². The van der Waals surface area contributed by atoms with E-state index in [2.05, 4.69) is 5.32 Å². The van der Waals surface area contributed by atoms with E-state index < -0.39 is 110 Å². The maximum atomic E-state index is 14.6. The lowest BCUT2D eigenvalue weighted by Crippen LogP contribution is -2.85. The van der Waals surface area contributed by atoms with Crippen LogP contribution >= 0.6 is 11.6 Å². The molecule has 2 unspecified atom stereocenters. The third-order valence-corrected chi connectivity index (χ3v) is 10.1. The van der Waals surface area contributed by atoms with Crippen molar-refractivity contribution in [3.63, 3.8) is 0 Å². The number of carbonyl (C=O) groups is 6. The second-order valence-corrected chi connectivity index (χ2v) is 13.9. The fraction of sp³-hybridized carbons (Fsp3) is 0.406. The molecule has 2 fully saturated rings. The lowest BCUT2D eigenvalue weighted by molar-refractivity contribution is -0.166. The number of carbonyl (C=O) groups excluding carboxylic acids is 6. The Morgan fingerprint density at radius 1 is 1.04 bits per heavy atom. The van der Waals surface area contributed by atoms with E-state index in [0.29, 0.717) is 6.07 Å². The zero-order valence-corrected chi connectivity index (χ0v) is 28.2. The van der Waals surface area contributed by atoms with Crippen LogP contribution in [0.1, 0.15) is 27.9 Å². The van der Waals surface area contributed by atoms with Crippen LogP contribution < -0.4 is 32.7 Å². The molecular formula is C32H32ClF3N8O7. The van der Waals surface area contributed by atoms with Crippen molar-refractivity contribution in [2.45, 2.75) is 36.1 Å². The van der Waals surface area contributed by atoms with Crippen molar-refractivity contribution in [3.8, 4) is 11.8 Å². The topological polar surface area (TPSA) is 255 Å². The van der Waals surface area contributed by atoms with Gasteiger partial charge < -0.3 is 37.8 Å². The lowest BCUT2D eigenvalue weighted by atomic mass is 9.42. The minimum Gasteiger partial charge on any atom is -0.505 e. The van der Waals surface area contributed by atoms with Gasteiger partial charge in [0, 0.05) is 30.3 Å². The predicted molar refractivity (Wildman–Crippen MR) is 175 cm³/mol. The third-order valence-electron chi connectivity index (χ3n) is 9.83. The molecule has 0 bridgehead atoms. The molecule has 19 heteroatoms. The molecule has 3 amide bonds. The highest BCUT2D eigenvalue weighted by molar-refractivity contribution is 6.33. The van der Waals surface area contributed by atoms with E-state index >= 15 is 0 Å². The molecule has 0 heterocycles. The first-order valence-corrected chi connectivity index (χ1v) is 15.5. The summed E-state index contributed by atoms with van der Waals surface area (Å²) in [5, 5.41) is 26.0. The Hall–Kier alpha value is -5.09. The highest BCUT2D eigenvalue weighted by atomic mass is 35.5. The zero-order valence-electron chi connectivity index (χ0n) is 27.4. The van der Waals surface area contributed by atoms with Gasteiger partial charge in [-0.15, -0.1) is 0 Å². The Kier molecular flexibility index (Phi) is 8.75. The maximum absolute atomic E-state index is 14.6. The number of nitrogens with two attached hydrogens (primary N) is 3. The van der Waals surface area contributed by atoms with E-state index in [1.807, 2.05) is 5.32 Å². The summed E-state index contributed by atoms with van der Waals surface area (Å²) in [5.41, 5.74) is 9.04. The Morgan fingerprint density at radius 3 is 2.18 bits per heavy atom. The van der Waals surface area contributed by atoms with Crippen molar-refractivity contribution in [1.29, 1.82) is 5.26 Å². The number of rotatable bonds is 5. The predicted octanol–water partition coefficient (Wildman–Crippen LogP) is 1.19. The number of likely N-dealkylation sites (N-methyl/N-ethyl adjacent to an activating group) is 1. The number of Topliss-reactive ketones (excluding diaryl/α,β-unsaturated/α-hetero) is 4. The van der Waals surface area contributed by atoms with Gasteiger partial charge in [0.15, 0.2) is 34.5 Å². The number of phenols is 1. The van der Waals surface area contributed by atoms with Crippen LogP contribution in [0.2, 0.25) is 5.02 Å². The van der Waals surface area contributed by atoms with Crippen molar-refractivity contribution in [2.75, 3.05) is 43.7 Å². The molecule has 2 saturated carbocycles. The van der Waals surface area contributed by atoms with Crippen molar-refractivity contribution >= 4 is 63.7 Å². The van der Waals surface area contributed by atoms with E-state index in [4.69, 9.17) is 28.8 Å². The molecule has 2 aromatic carbocycles. The number of fused-ring (bicyclic) bond motifs is 3. The van der Waals surface area contributed by atoms with E-state index in [1.54, 1.807) is 6.07 Å². The third kappa shape index (κ3) is 5.30. The Morgan fingerprint density at radius 2 is 1.65 bits per heavy atom. The summed E-state index contributed by atoms with van der Waals surface area (Å²) in [6, 6.07) is 2.57. The van der Waals surface area contributed by atoms with Gasteiger partial charge >= 0.3 is 12.2 Å². The lowest BCUT2D eigenvalue weighted by Gasteiger charge is -2.60. The molecule has 0 radical (unpaired) electrons. The number of ketones is 4. The van der Waals surface area contributed by atoms with Gasteiger partial charge in [-0.05, 0) is 56.8 Å². The number of nitrogens with zero attached hydrogens (tertiary/aromatic N) is 3. The van der Waals surface area contributed by atoms with Crippen LogP contribution in [0.25, 0.3) is 0 Å². The minimum atomic E-state index is -4.91. The van der Waals surface area contributed by atoms with Crippen LogP contribution in [-0.2, 0) is 31.8 Å². The van der Waals surface area contributed by atoms with Gasteiger partial charge in [-0.3, -0.25) is 28.9 Å². The molecule has 0 spiro atoms. The average Bonchev–Trinajstić information content (AvgIpc) is 2.97. The van der Waals surface area contributed by atoms with Gasteiger partial charge in [-0.1, -0.05) is 11.6 Å². The minimum absolute atomic E-state index is 0.0648. The molecule has 6 atom stereocenters. The summed E-state index contributed by atoms with van der Waals surface area (Å²) in [6.07, 6.45) is -5.94. The number of hydrogen-bond donors (Lipinski definition) is 6. The molecule has 15 nitrogen and oxygen atoms in total. The van der Waals surface area contributed by atoms with Crippen LogP contribution in [0.5, 0.6) is 5.75 Å². The Balaban J connectivity index is 1.65. The molecule has 9 N–H and O–H groups in total. The number of phenolic OH excluding ortho intramolecular Hbond substituents is 1. The molecule has 0 saturated heterocycles. The highest BCUT2D eigenvalue weighted by Gasteiger charge is 2.78. The number of halogens is 4. The number of nitrogens with one attached hydrogen (secondary N) is 2. The van der Waals surface area contributed by atoms with Crippen molar-refractivity contribution in [2.24, 2.45) is 34.5 Å². The number of nitriles is 1. The second-order valence-electron chi connectivity index (χ2n) is 13.4. The molecule has 2 aromatic rings. The van der Waals surface area contributed by atoms with Crippen LogP contribution in [-0.4, -0.2) is 90.4 Å². The van der Waals surface area contributed by atoms with Crippen LogP contribution in [0.4, 0.5) is 35.0 Å². The zero-order chi connectivity index (χ0) is 38.3. The fourth-order valence-corrected chi connectivity index (χ4v) is 8.06. The number of primary amides is 1. The van der Waals surface area contributed by atoms with Gasteiger partial charge in [0.05, 0.1) is 40.2 Å². The maximum Gasteiger partial charge on any atom is 0.418 e. The van der Waals surface area contributed by atoms with Crippen LogP contribution in [0, 0.1) is 28.6 Å². The molecular weight excluding hydrogens is 701 g/mol. The molecule has 5 rings (SSSR count). The fourth-order valence-electron chi connectivity index (χ4n) is 7.89. The highest BCUT2D eigenvalue weighted by Crippen LogP contribution is 2.57. The molecule has 3 aliphatic carbocycles. The average molecular weight is 733 g/mol. The van der Waals surface area contributed by atoms with Crippen molar-refractivity contribution in [3.05, 3.63) is 46.0 Å². The van der Waals surface area contributed by atoms with E-state index in [0.717, 1.165) is 12.1 Å². The number of hydrogen-bond acceptors (Lipinski definition) is 12. The molecule has 0 aromatic heterocycles. The summed E-state index contributed by atoms with van der Waals surface area (Å²) in [5.74, 6) is -11.8. The summed E-state index contributed by atoms with van der Waals surface area (Å²) in [6.45, 7) is 0. The van der Waals surface area contributed by atoms with Gasteiger partial charge in [0.1, 0.15) is 11.7 Å². The van der Waals surface area contributed by atoms with Gasteiger partial charge in [-0.2, -0.15) is 18.4 Å². The normalized spacial score (nSPS) is 28.7. The van der Waals surface area contributed by atoms with Gasteiger partial charge in [0.25, 0.3) is 0 Å². The Bertz CT molecular complexity index is 2000. The number of alkyl halides is 3. The standard InChI is InChI=1S/C32H32ClF3N8O7/c1-43(2)17-8-16(42-28(51)41-15-6-5-12(33)7-14(15)32(34,35)36)21(45)18-13(17)9-29(39)10-31(40)24(44(3)4)23(47)19(27(38)50)25(48)30(31,11-37)26(49)20(29)22(18)46/h5-8,19-20,24,45H,9-10,39-40H2,1-4H3,(H2,38,50)(H2,41,42,51)/t19?,20?,24-,29-,30+,31-/m1/s1. The number of amides is 3. The molecule has 3 aliphatic rings. The monoisotopic (exact) mass is 732 g/mol. The SMILES string of the molecule is CN(C)c1cc(NC(=O)Nc2ccc(Cl)cc2C(F)(F)F)c(O)c2c1C[C@@]1(N)C[C@@]3(N)[C@H](N(C)C)C(=O)C(C(N)=O)C(=O)[C@@]3(C#N)C(=O)C1C2=O. The number of anilines is 3. The summed E-state index contributed by atoms with van der Waals surface area (Å²) in [7, 11) is 5.80. The Labute approximate surface area is 292 Å². The quantitative estimate of drug-likeness (QED) is 0.187. The van der Waals surface area contributed by atoms with Crippen LogP contribution in [0.15, 0.2) is 24.3 Å². The van der Waals surface area contributed by atoms with E-state index in [-0.39, 0.29) is 22.7 Å². The number of benzene rings is 2. The number of urea groups is 1. The smallest absolute Gasteiger partial charge is 0.418 e. The first kappa shape index (κ1) is 37.2. The molecule has 51 heavy (non-hydrogen) atoms. The number of aromatic hydroxyl groups is 1. The summed E-state index contributed by atoms with van der Waals surface area (Å²) >= 11 is 5.71. The first-order valence-electron chi connectivity index (χ1n) is 15.1. The van der Waals surface area contributed by atoms with Crippen molar-refractivity contribution < 1.29 is 47.0 Å². The largest absolute Gasteiger partial charge is 0.505 e.